The van der Waals surface area contributed by atoms with Gasteiger partial charge in [-0.15, -0.1) is 0 Å². The quantitative estimate of drug-likeness (QED) is 0.496. The Balaban J connectivity index is 1.55. The fourth-order valence-electron chi connectivity index (χ4n) is 3.94. The Bertz CT molecular complexity index is 1400. The molecule has 1 heterocycles. The van der Waals surface area contributed by atoms with Gasteiger partial charge in [-0.25, -0.2) is 16.8 Å². The zero-order chi connectivity index (χ0) is 25.1. The van der Waals surface area contributed by atoms with Crippen LogP contribution in [0.1, 0.15) is 18.4 Å². The van der Waals surface area contributed by atoms with Gasteiger partial charge in [-0.3, -0.25) is 9.10 Å². The van der Waals surface area contributed by atoms with Crippen LogP contribution in [0.2, 0.25) is 0 Å². The smallest absolute Gasteiger partial charge is 0.264 e. The molecule has 3 aromatic carbocycles. The van der Waals surface area contributed by atoms with Crippen molar-refractivity contribution in [2.45, 2.75) is 29.6 Å². The first-order valence-corrected chi connectivity index (χ1v) is 14.1. The van der Waals surface area contributed by atoms with Crippen molar-refractivity contribution in [3.8, 4) is 0 Å². The van der Waals surface area contributed by atoms with Gasteiger partial charge in [0.25, 0.3) is 10.0 Å². The number of hydrogen-bond donors (Lipinski definition) is 1. The lowest BCUT2D eigenvalue weighted by atomic mass is 10.2. The molecule has 184 valence electrons. The van der Waals surface area contributed by atoms with Crippen LogP contribution in [-0.2, 0) is 24.8 Å². The zero-order valence-corrected chi connectivity index (χ0v) is 20.9. The van der Waals surface area contributed by atoms with Gasteiger partial charge in [0.15, 0.2) is 0 Å². The lowest BCUT2D eigenvalue weighted by Crippen LogP contribution is -2.38. The van der Waals surface area contributed by atoms with E-state index in [4.69, 9.17) is 0 Å². The Morgan fingerprint density at radius 1 is 0.857 bits per heavy atom. The monoisotopic (exact) mass is 513 g/mol. The van der Waals surface area contributed by atoms with Crippen LogP contribution in [0.25, 0.3) is 0 Å². The Morgan fingerprint density at radius 3 is 2.14 bits per heavy atom. The summed E-state index contributed by atoms with van der Waals surface area (Å²) in [5.74, 6) is -0.554. The summed E-state index contributed by atoms with van der Waals surface area (Å²) in [6.45, 7) is 2.40. The van der Waals surface area contributed by atoms with Crippen molar-refractivity contribution in [3.63, 3.8) is 0 Å². The molecule has 8 nitrogen and oxygen atoms in total. The van der Waals surface area contributed by atoms with Gasteiger partial charge in [0, 0.05) is 18.8 Å². The van der Waals surface area contributed by atoms with Crippen LogP contribution in [0, 0.1) is 6.92 Å². The first kappa shape index (κ1) is 24.9. The first-order chi connectivity index (χ1) is 16.7. The van der Waals surface area contributed by atoms with Crippen molar-refractivity contribution in [1.82, 2.24) is 4.31 Å². The molecule has 1 aliphatic rings. The van der Waals surface area contributed by atoms with Gasteiger partial charge in [-0.05, 0) is 73.9 Å². The second-order valence-corrected chi connectivity index (χ2v) is 12.1. The minimum Gasteiger partial charge on any atom is -0.325 e. The number of amides is 1. The standard InChI is InChI=1S/C25H27N3O5S2/c1-20-8-7-9-22(18-20)28(35(32,33)23-10-3-2-4-11-23)19-25(29)26-21-12-14-24(15-13-21)34(30,31)27-16-5-6-17-27/h2-4,7-15,18H,5-6,16-17,19H2,1H3,(H,26,29). The van der Waals surface area contributed by atoms with Gasteiger partial charge in [0.1, 0.15) is 6.54 Å². The van der Waals surface area contributed by atoms with E-state index < -0.39 is 32.5 Å². The molecule has 0 radical (unpaired) electrons. The van der Waals surface area contributed by atoms with Gasteiger partial charge >= 0.3 is 0 Å². The number of rotatable bonds is 8. The Kier molecular flexibility index (Phi) is 7.25. The van der Waals surface area contributed by atoms with Crippen LogP contribution < -0.4 is 9.62 Å². The highest BCUT2D eigenvalue weighted by Gasteiger charge is 2.28. The summed E-state index contributed by atoms with van der Waals surface area (Å²) in [7, 11) is -7.57. The van der Waals surface area contributed by atoms with Crippen LogP contribution in [0.15, 0.2) is 88.7 Å². The lowest BCUT2D eigenvalue weighted by Gasteiger charge is -2.24. The predicted molar refractivity (Wildman–Crippen MR) is 135 cm³/mol. The molecule has 1 amide bonds. The molecule has 1 fully saturated rings. The first-order valence-electron chi connectivity index (χ1n) is 11.2. The van der Waals surface area contributed by atoms with E-state index in [0.29, 0.717) is 24.5 Å². The maximum absolute atomic E-state index is 13.4. The van der Waals surface area contributed by atoms with E-state index in [1.165, 1.54) is 40.7 Å². The normalized spacial score (nSPS) is 14.5. The third kappa shape index (κ3) is 5.55. The maximum atomic E-state index is 13.4. The summed E-state index contributed by atoms with van der Waals surface area (Å²) in [6.07, 6.45) is 1.69. The molecule has 0 atom stereocenters. The molecule has 1 saturated heterocycles. The minimum atomic E-state index is -4.01. The summed E-state index contributed by atoms with van der Waals surface area (Å²) in [5.41, 5.74) is 1.60. The number of carbonyl (C=O) groups is 1. The zero-order valence-electron chi connectivity index (χ0n) is 19.3. The Labute approximate surface area is 206 Å². The molecular formula is C25H27N3O5S2. The SMILES string of the molecule is Cc1cccc(N(CC(=O)Nc2ccc(S(=O)(=O)N3CCCC3)cc2)S(=O)(=O)c2ccccc2)c1. The molecule has 1 aliphatic heterocycles. The third-order valence-electron chi connectivity index (χ3n) is 5.75. The highest BCUT2D eigenvalue weighted by atomic mass is 32.2. The molecule has 0 aromatic heterocycles. The van der Waals surface area contributed by atoms with Crippen molar-refractivity contribution >= 4 is 37.3 Å². The van der Waals surface area contributed by atoms with E-state index in [2.05, 4.69) is 5.32 Å². The molecule has 0 aliphatic carbocycles. The van der Waals surface area contributed by atoms with Crippen molar-refractivity contribution < 1.29 is 21.6 Å². The fraction of sp³-hybridized carbons (Fsp3) is 0.240. The molecule has 0 unspecified atom stereocenters. The van der Waals surface area contributed by atoms with Crippen molar-refractivity contribution in [2.75, 3.05) is 29.3 Å². The molecule has 1 N–H and O–H groups in total. The Morgan fingerprint density at radius 2 is 1.51 bits per heavy atom. The molecule has 10 heteroatoms. The molecule has 0 spiro atoms. The van der Waals surface area contributed by atoms with Crippen LogP contribution in [0.4, 0.5) is 11.4 Å². The number of nitrogens with one attached hydrogen (secondary N) is 1. The summed E-state index contributed by atoms with van der Waals surface area (Å²) in [4.78, 5) is 13.1. The maximum Gasteiger partial charge on any atom is 0.264 e. The fourth-order valence-corrected chi connectivity index (χ4v) is 6.89. The van der Waals surface area contributed by atoms with E-state index in [1.54, 1.807) is 36.4 Å². The topological polar surface area (TPSA) is 104 Å². The lowest BCUT2D eigenvalue weighted by molar-refractivity contribution is -0.114. The van der Waals surface area contributed by atoms with Gasteiger partial charge in [-0.1, -0.05) is 30.3 Å². The summed E-state index contributed by atoms with van der Waals surface area (Å²) in [5, 5.41) is 2.68. The summed E-state index contributed by atoms with van der Waals surface area (Å²) >= 11 is 0. The van der Waals surface area contributed by atoms with Crippen LogP contribution in [0.3, 0.4) is 0 Å². The Hall–Kier alpha value is -3.21. The number of anilines is 2. The van der Waals surface area contributed by atoms with Crippen LogP contribution in [-0.4, -0.2) is 46.7 Å². The van der Waals surface area contributed by atoms with E-state index in [0.717, 1.165) is 22.7 Å². The number of carbonyl (C=O) groups excluding carboxylic acids is 1. The van der Waals surface area contributed by atoms with Crippen LogP contribution in [0.5, 0.6) is 0 Å². The van der Waals surface area contributed by atoms with Crippen LogP contribution >= 0.6 is 0 Å². The third-order valence-corrected chi connectivity index (χ3v) is 9.45. The van der Waals surface area contributed by atoms with E-state index in [9.17, 15) is 21.6 Å². The number of sulfonamides is 2. The van der Waals surface area contributed by atoms with Gasteiger partial charge in [-0.2, -0.15) is 4.31 Å². The minimum absolute atomic E-state index is 0.0748. The van der Waals surface area contributed by atoms with Gasteiger partial charge in [0.2, 0.25) is 15.9 Å². The molecule has 0 saturated carbocycles. The van der Waals surface area contributed by atoms with Crippen molar-refractivity contribution in [3.05, 3.63) is 84.4 Å². The van der Waals surface area contributed by atoms with E-state index in [-0.39, 0.29) is 9.79 Å². The second-order valence-electron chi connectivity index (χ2n) is 8.35. The predicted octanol–water partition coefficient (Wildman–Crippen LogP) is 3.61. The number of benzene rings is 3. The molecular weight excluding hydrogens is 486 g/mol. The summed E-state index contributed by atoms with van der Waals surface area (Å²) < 4.78 is 54.7. The van der Waals surface area contributed by atoms with E-state index >= 15 is 0 Å². The van der Waals surface area contributed by atoms with E-state index in [1.807, 2.05) is 13.0 Å². The molecule has 3 aromatic rings. The van der Waals surface area contributed by atoms with Crippen molar-refractivity contribution in [1.29, 1.82) is 0 Å². The number of hydrogen-bond acceptors (Lipinski definition) is 5. The highest BCUT2D eigenvalue weighted by Crippen LogP contribution is 2.25. The number of nitrogens with zero attached hydrogens (tertiary/aromatic N) is 2. The molecule has 4 rings (SSSR count). The molecule has 0 bridgehead atoms. The highest BCUT2D eigenvalue weighted by molar-refractivity contribution is 7.92. The largest absolute Gasteiger partial charge is 0.325 e. The average molecular weight is 514 g/mol. The van der Waals surface area contributed by atoms with Gasteiger partial charge in [0.05, 0.1) is 15.5 Å². The van der Waals surface area contributed by atoms with Gasteiger partial charge < -0.3 is 5.32 Å². The number of aryl methyl sites for hydroxylation is 1. The summed E-state index contributed by atoms with van der Waals surface area (Å²) in [6, 6.07) is 20.7. The average Bonchev–Trinajstić information content (AvgIpc) is 3.39. The second kappa shape index (κ2) is 10.2. The van der Waals surface area contributed by atoms with Crippen molar-refractivity contribution in [2.24, 2.45) is 0 Å². The molecule has 35 heavy (non-hydrogen) atoms.